The summed E-state index contributed by atoms with van der Waals surface area (Å²) in [5.41, 5.74) is 0. The van der Waals surface area contributed by atoms with E-state index in [1.807, 2.05) is 13.0 Å². The van der Waals surface area contributed by atoms with Gasteiger partial charge < -0.3 is 15.0 Å². The third-order valence-electron chi connectivity index (χ3n) is 2.34. The number of nitrogens with zero attached hydrogens (tertiary/aromatic N) is 3. The number of hydrogen-bond acceptors (Lipinski definition) is 5. The highest BCUT2D eigenvalue weighted by Crippen LogP contribution is 2.12. The van der Waals surface area contributed by atoms with Crippen molar-refractivity contribution in [2.45, 2.75) is 26.3 Å². The highest BCUT2D eigenvalue weighted by atomic mass is 16.5. The van der Waals surface area contributed by atoms with Crippen LogP contribution < -0.4 is 10.1 Å². The predicted octanol–water partition coefficient (Wildman–Crippen LogP) is 1.63. The zero-order valence-corrected chi connectivity index (χ0v) is 11.1. The summed E-state index contributed by atoms with van der Waals surface area (Å²) in [7, 11) is 4.15. The Morgan fingerprint density at radius 2 is 2.18 bits per heavy atom. The minimum Gasteiger partial charge on any atom is -0.478 e. The van der Waals surface area contributed by atoms with Crippen molar-refractivity contribution < 1.29 is 4.74 Å². The first-order valence-corrected chi connectivity index (χ1v) is 5.98. The number of ether oxygens (including phenoxy) is 1. The van der Waals surface area contributed by atoms with Crippen LogP contribution in [0.2, 0.25) is 0 Å². The third-order valence-corrected chi connectivity index (χ3v) is 2.34. The molecule has 1 aromatic heterocycles. The quantitative estimate of drug-likeness (QED) is 0.782. The Hall–Kier alpha value is -1.36. The van der Waals surface area contributed by atoms with E-state index in [2.05, 4.69) is 41.2 Å². The van der Waals surface area contributed by atoms with Crippen molar-refractivity contribution in [1.82, 2.24) is 14.9 Å². The van der Waals surface area contributed by atoms with Crippen molar-refractivity contribution in [2.75, 3.05) is 32.6 Å². The lowest BCUT2D eigenvalue weighted by atomic mass is 10.2. The number of rotatable bonds is 7. The fraction of sp³-hybridized carbons (Fsp3) is 0.667. The summed E-state index contributed by atoms with van der Waals surface area (Å²) in [6.07, 6.45) is 2.59. The molecular formula is C12H22N4O. The van der Waals surface area contributed by atoms with Crippen LogP contribution in [0.15, 0.2) is 12.4 Å². The first-order valence-electron chi connectivity index (χ1n) is 5.98. The SMILES string of the molecule is CCOc1cc(NC(C)CCN(C)C)ncn1. The first kappa shape index (κ1) is 13.7. The van der Waals surface area contributed by atoms with Gasteiger partial charge in [0, 0.05) is 12.1 Å². The van der Waals surface area contributed by atoms with Gasteiger partial charge >= 0.3 is 0 Å². The second-order valence-corrected chi connectivity index (χ2v) is 4.31. The Morgan fingerprint density at radius 1 is 1.41 bits per heavy atom. The van der Waals surface area contributed by atoms with Gasteiger partial charge in [-0.05, 0) is 40.9 Å². The summed E-state index contributed by atoms with van der Waals surface area (Å²) < 4.78 is 5.33. The molecule has 17 heavy (non-hydrogen) atoms. The van der Waals surface area contributed by atoms with Crippen LogP contribution in [0.5, 0.6) is 5.88 Å². The lowest BCUT2D eigenvalue weighted by Gasteiger charge is -2.17. The van der Waals surface area contributed by atoms with E-state index in [1.54, 1.807) is 0 Å². The highest BCUT2D eigenvalue weighted by Gasteiger charge is 2.05. The van der Waals surface area contributed by atoms with E-state index in [4.69, 9.17) is 4.74 Å². The normalized spacial score (nSPS) is 12.5. The molecule has 1 atom stereocenters. The fourth-order valence-corrected chi connectivity index (χ4v) is 1.42. The Morgan fingerprint density at radius 3 is 2.82 bits per heavy atom. The number of anilines is 1. The summed E-state index contributed by atoms with van der Waals surface area (Å²) in [6.45, 7) is 5.76. The van der Waals surface area contributed by atoms with E-state index in [0.29, 0.717) is 18.5 Å². The van der Waals surface area contributed by atoms with Gasteiger partial charge in [-0.3, -0.25) is 0 Å². The molecule has 0 fully saturated rings. The highest BCUT2D eigenvalue weighted by molar-refractivity contribution is 5.37. The van der Waals surface area contributed by atoms with Crippen LogP contribution in [0, 0.1) is 0 Å². The van der Waals surface area contributed by atoms with Crippen molar-refractivity contribution in [3.63, 3.8) is 0 Å². The lowest BCUT2D eigenvalue weighted by Crippen LogP contribution is -2.23. The van der Waals surface area contributed by atoms with Gasteiger partial charge in [0.25, 0.3) is 0 Å². The number of hydrogen-bond donors (Lipinski definition) is 1. The van der Waals surface area contributed by atoms with Crippen molar-refractivity contribution in [3.05, 3.63) is 12.4 Å². The molecule has 5 heteroatoms. The summed E-state index contributed by atoms with van der Waals surface area (Å²) in [5.74, 6) is 1.43. The minimum atomic E-state index is 0.377. The number of aromatic nitrogens is 2. The molecule has 0 aliphatic heterocycles. The molecule has 0 aliphatic rings. The Labute approximate surface area is 103 Å². The number of nitrogens with one attached hydrogen (secondary N) is 1. The molecule has 0 aliphatic carbocycles. The minimum absolute atomic E-state index is 0.377. The zero-order valence-electron chi connectivity index (χ0n) is 11.1. The largest absolute Gasteiger partial charge is 0.478 e. The molecule has 0 aromatic carbocycles. The molecule has 0 saturated heterocycles. The topological polar surface area (TPSA) is 50.3 Å². The van der Waals surface area contributed by atoms with Crippen LogP contribution >= 0.6 is 0 Å². The molecule has 1 aromatic rings. The molecule has 0 spiro atoms. The maximum atomic E-state index is 5.33. The van der Waals surface area contributed by atoms with E-state index in [1.165, 1.54) is 6.33 Å². The summed E-state index contributed by atoms with van der Waals surface area (Å²) >= 11 is 0. The Kier molecular flexibility index (Phi) is 5.69. The molecule has 1 heterocycles. The van der Waals surface area contributed by atoms with E-state index >= 15 is 0 Å². The fourth-order valence-electron chi connectivity index (χ4n) is 1.42. The van der Waals surface area contributed by atoms with Gasteiger partial charge in [0.2, 0.25) is 5.88 Å². The first-order chi connectivity index (χ1) is 8.11. The van der Waals surface area contributed by atoms with E-state index in [0.717, 1.165) is 18.8 Å². The van der Waals surface area contributed by atoms with Crippen molar-refractivity contribution >= 4 is 5.82 Å². The van der Waals surface area contributed by atoms with E-state index < -0.39 is 0 Å². The van der Waals surface area contributed by atoms with Crippen LogP contribution in [0.25, 0.3) is 0 Å². The van der Waals surface area contributed by atoms with E-state index in [-0.39, 0.29) is 0 Å². The smallest absolute Gasteiger partial charge is 0.218 e. The molecule has 5 nitrogen and oxygen atoms in total. The van der Waals surface area contributed by atoms with Crippen LogP contribution in [-0.4, -0.2) is 48.2 Å². The zero-order chi connectivity index (χ0) is 12.7. The van der Waals surface area contributed by atoms with Crippen molar-refractivity contribution in [1.29, 1.82) is 0 Å². The summed E-state index contributed by atoms with van der Waals surface area (Å²) in [6, 6.07) is 2.21. The van der Waals surface area contributed by atoms with Gasteiger partial charge in [0.1, 0.15) is 12.1 Å². The molecule has 1 N–H and O–H groups in total. The molecule has 1 rings (SSSR count). The Bertz CT molecular complexity index is 330. The van der Waals surface area contributed by atoms with Gasteiger partial charge in [0.15, 0.2) is 0 Å². The predicted molar refractivity (Wildman–Crippen MR) is 69.5 cm³/mol. The van der Waals surface area contributed by atoms with E-state index in [9.17, 15) is 0 Å². The average Bonchev–Trinajstić information content (AvgIpc) is 2.27. The molecule has 0 bridgehead atoms. The third kappa shape index (κ3) is 5.49. The second-order valence-electron chi connectivity index (χ2n) is 4.31. The van der Waals surface area contributed by atoms with Gasteiger partial charge in [-0.15, -0.1) is 0 Å². The van der Waals surface area contributed by atoms with Gasteiger partial charge in [-0.1, -0.05) is 0 Å². The lowest BCUT2D eigenvalue weighted by molar-refractivity contribution is 0.326. The standard InChI is InChI=1S/C12H22N4O/c1-5-17-12-8-11(13-9-14-12)15-10(2)6-7-16(3)4/h8-10H,5-7H2,1-4H3,(H,13,14,15). The molecule has 0 amide bonds. The van der Waals surface area contributed by atoms with Crippen LogP contribution in [0.1, 0.15) is 20.3 Å². The molecule has 96 valence electrons. The summed E-state index contributed by atoms with van der Waals surface area (Å²) in [5, 5.41) is 3.34. The summed E-state index contributed by atoms with van der Waals surface area (Å²) in [4.78, 5) is 10.4. The molecular weight excluding hydrogens is 216 g/mol. The van der Waals surface area contributed by atoms with Crippen LogP contribution in [-0.2, 0) is 0 Å². The van der Waals surface area contributed by atoms with Crippen molar-refractivity contribution in [3.8, 4) is 5.88 Å². The van der Waals surface area contributed by atoms with Crippen LogP contribution in [0.4, 0.5) is 5.82 Å². The van der Waals surface area contributed by atoms with Gasteiger partial charge in [0.05, 0.1) is 6.61 Å². The van der Waals surface area contributed by atoms with Crippen LogP contribution in [0.3, 0.4) is 0 Å². The van der Waals surface area contributed by atoms with Gasteiger partial charge in [-0.2, -0.15) is 0 Å². The Balaban J connectivity index is 2.46. The van der Waals surface area contributed by atoms with Crippen molar-refractivity contribution in [2.24, 2.45) is 0 Å². The average molecular weight is 238 g/mol. The molecule has 0 saturated carbocycles. The van der Waals surface area contributed by atoms with Gasteiger partial charge in [-0.25, -0.2) is 9.97 Å². The molecule has 1 unspecified atom stereocenters. The second kappa shape index (κ2) is 7.06. The monoisotopic (exact) mass is 238 g/mol. The maximum Gasteiger partial charge on any atom is 0.218 e. The maximum absolute atomic E-state index is 5.33. The molecule has 0 radical (unpaired) electrons.